The van der Waals surface area contributed by atoms with Gasteiger partial charge >= 0.3 is 0 Å². The molecule has 1 unspecified atom stereocenters. The molecule has 1 heterocycles. The maximum absolute atomic E-state index is 6.12. The molecule has 1 rings (SSSR count). The Hall–Kier alpha value is 0.270. The predicted octanol–water partition coefficient (Wildman–Crippen LogP) is 1.88. The monoisotopic (exact) mass is 203 g/mol. The van der Waals surface area contributed by atoms with Crippen molar-refractivity contribution in [3.05, 3.63) is 0 Å². The van der Waals surface area contributed by atoms with E-state index in [-0.39, 0.29) is 0 Å². The fourth-order valence-corrected chi connectivity index (χ4v) is 2.46. The van der Waals surface area contributed by atoms with Crippen molar-refractivity contribution in [1.29, 1.82) is 0 Å². The van der Waals surface area contributed by atoms with Crippen molar-refractivity contribution in [3.8, 4) is 0 Å². The lowest BCUT2D eigenvalue weighted by Gasteiger charge is -2.27. The van der Waals surface area contributed by atoms with Crippen molar-refractivity contribution in [3.63, 3.8) is 0 Å². The maximum Gasteiger partial charge on any atom is 0.0469 e. The second-order valence-corrected chi connectivity index (χ2v) is 5.61. The average Bonchev–Trinajstić information content (AvgIpc) is 2.15. The number of hydrogen-bond acceptors (Lipinski definition) is 3. The van der Waals surface area contributed by atoms with E-state index in [4.69, 9.17) is 10.5 Å². The highest BCUT2D eigenvalue weighted by Gasteiger charge is 2.20. The Balaban J connectivity index is 2.17. The topological polar surface area (TPSA) is 35.2 Å². The third-order valence-electron chi connectivity index (χ3n) is 2.49. The summed E-state index contributed by atoms with van der Waals surface area (Å²) in [4.78, 5) is 0. The van der Waals surface area contributed by atoms with Crippen molar-refractivity contribution in [2.45, 2.75) is 38.0 Å². The molecule has 0 bridgehead atoms. The lowest BCUT2D eigenvalue weighted by Crippen LogP contribution is -2.36. The minimum Gasteiger partial charge on any atom is -0.381 e. The Morgan fingerprint density at radius 3 is 2.54 bits per heavy atom. The Kier molecular flexibility index (Phi) is 5.14. The Morgan fingerprint density at radius 2 is 2.00 bits per heavy atom. The summed E-state index contributed by atoms with van der Waals surface area (Å²) in [6, 6.07) is 0.372. The Bertz CT molecular complexity index is 135. The van der Waals surface area contributed by atoms with Crippen molar-refractivity contribution in [2.24, 2.45) is 11.7 Å². The van der Waals surface area contributed by atoms with E-state index in [0.29, 0.717) is 17.2 Å². The van der Waals surface area contributed by atoms with Gasteiger partial charge in [0.15, 0.2) is 0 Å². The highest BCUT2D eigenvalue weighted by atomic mass is 32.2. The van der Waals surface area contributed by atoms with E-state index in [1.165, 1.54) is 0 Å². The molecule has 2 nitrogen and oxygen atoms in total. The molecule has 0 aromatic heterocycles. The van der Waals surface area contributed by atoms with Crippen molar-refractivity contribution < 1.29 is 4.74 Å². The van der Waals surface area contributed by atoms with E-state index in [1.54, 1.807) is 0 Å². The molecule has 1 saturated heterocycles. The second kappa shape index (κ2) is 5.89. The number of nitrogens with two attached hydrogens (primary N) is 1. The molecule has 0 saturated carbocycles. The number of hydrogen-bond donors (Lipinski definition) is 1. The molecule has 13 heavy (non-hydrogen) atoms. The van der Waals surface area contributed by atoms with E-state index in [1.807, 2.05) is 11.8 Å². The lowest BCUT2D eigenvalue weighted by molar-refractivity contribution is 0.0607. The molecule has 0 amide bonds. The van der Waals surface area contributed by atoms with Gasteiger partial charge in [0.05, 0.1) is 0 Å². The largest absolute Gasteiger partial charge is 0.381 e. The Labute approximate surface area is 85.6 Å². The number of rotatable bonds is 4. The van der Waals surface area contributed by atoms with Gasteiger partial charge in [0.1, 0.15) is 0 Å². The van der Waals surface area contributed by atoms with Crippen LogP contribution < -0.4 is 5.73 Å². The van der Waals surface area contributed by atoms with Crippen LogP contribution in [0.15, 0.2) is 0 Å². The molecule has 0 radical (unpaired) electrons. The molecule has 1 atom stereocenters. The summed E-state index contributed by atoms with van der Waals surface area (Å²) in [6.07, 6.45) is 2.31. The third-order valence-corrected chi connectivity index (χ3v) is 3.74. The van der Waals surface area contributed by atoms with Crippen LogP contribution >= 0.6 is 11.8 Å². The molecule has 0 spiro atoms. The summed E-state index contributed by atoms with van der Waals surface area (Å²) in [7, 11) is 0. The lowest BCUT2D eigenvalue weighted by atomic mass is 9.94. The highest BCUT2D eigenvalue weighted by molar-refractivity contribution is 7.99. The van der Waals surface area contributed by atoms with Gasteiger partial charge in [-0.25, -0.2) is 0 Å². The van der Waals surface area contributed by atoms with Crippen LogP contribution in [-0.4, -0.2) is 30.3 Å². The smallest absolute Gasteiger partial charge is 0.0469 e. The summed E-state index contributed by atoms with van der Waals surface area (Å²) < 4.78 is 5.31. The minimum absolute atomic E-state index is 0.372. The summed E-state index contributed by atoms with van der Waals surface area (Å²) in [5.41, 5.74) is 6.12. The zero-order chi connectivity index (χ0) is 9.68. The molecular weight excluding hydrogens is 182 g/mol. The minimum atomic E-state index is 0.372. The first-order valence-electron chi connectivity index (χ1n) is 5.15. The van der Waals surface area contributed by atoms with E-state index < -0.39 is 0 Å². The van der Waals surface area contributed by atoms with Crippen LogP contribution in [0.25, 0.3) is 0 Å². The van der Waals surface area contributed by atoms with Crippen LogP contribution in [0.3, 0.4) is 0 Å². The van der Waals surface area contributed by atoms with Crippen molar-refractivity contribution in [1.82, 2.24) is 0 Å². The van der Waals surface area contributed by atoms with Crippen LogP contribution in [0.4, 0.5) is 0 Å². The van der Waals surface area contributed by atoms with Crippen LogP contribution in [0.5, 0.6) is 0 Å². The second-order valence-electron chi connectivity index (χ2n) is 4.00. The summed E-state index contributed by atoms with van der Waals surface area (Å²) >= 11 is 1.97. The first kappa shape index (κ1) is 11.3. The molecule has 2 N–H and O–H groups in total. The molecule has 1 aliphatic rings. The molecule has 1 aliphatic heterocycles. The molecule has 0 aliphatic carbocycles. The van der Waals surface area contributed by atoms with Gasteiger partial charge in [0.2, 0.25) is 0 Å². The fraction of sp³-hybridized carbons (Fsp3) is 1.00. The molecule has 0 aromatic carbocycles. The van der Waals surface area contributed by atoms with Crippen molar-refractivity contribution >= 4 is 11.8 Å². The van der Waals surface area contributed by atoms with Gasteiger partial charge in [-0.1, -0.05) is 13.8 Å². The van der Waals surface area contributed by atoms with Gasteiger partial charge in [0.25, 0.3) is 0 Å². The molecule has 3 heteroatoms. The van der Waals surface area contributed by atoms with Gasteiger partial charge in [0, 0.05) is 25.0 Å². The molecular formula is C10H21NOS. The third kappa shape index (κ3) is 4.34. The van der Waals surface area contributed by atoms with Gasteiger partial charge in [-0.15, -0.1) is 0 Å². The predicted molar refractivity (Wildman–Crippen MR) is 59.1 cm³/mol. The highest BCUT2D eigenvalue weighted by Crippen LogP contribution is 2.21. The summed E-state index contributed by atoms with van der Waals surface area (Å²) in [5, 5.41) is 0.700. The fourth-order valence-electron chi connectivity index (χ4n) is 1.58. The van der Waals surface area contributed by atoms with E-state index in [0.717, 1.165) is 31.8 Å². The van der Waals surface area contributed by atoms with Crippen LogP contribution in [-0.2, 0) is 4.74 Å². The maximum atomic E-state index is 6.12. The molecule has 1 fully saturated rings. The quantitative estimate of drug-likeness (QED) is 0.758. The first-order chi connectivity index (χ1) is 6.20. The normalized spacial score (nSPS) is 22.2. The van der Waals surface area contributed by atoms with Gasteiger partial charge in [-0.05, 0) is 24.0 Å². The van der Waals surface area contributed by atoms with E-state index in [9.17, 15) is 0 Å². The summed E-state index contributed by atoms with van der Waals surface area (Å²) in [6.45, 7) is 6.26. The number of thioether (sulfide) groups is 1. The van der Waals surface area contributed by atoms with Gasteiger partial charge < -0.3 is 10.5 Å². The average molecular weight is 203 g/mol. The zero-order valence-corrected chi connectivity index (χ0v) is 9.48. The van der Waals surface area contributed by atoms with Crippen molar-refractivity contribution in [2.75, 3.05) is 19.0 Å². The standard InChI is InChI=1S/C10H21NOS/c1-8(2)13-7-10(11)9-3-5-12-6-4-9/h8-10H,3-7,11H2,1-2H3. The molecule has 0 aromatic rings. The number of ether oxygens (including phenoxy) is 1. The van der Waals surface area contributed by atoms with Crippen LogP contribution in [0, 0.1) is 5.92 Å². The molecule has 78 valence electrons. The van der Waals surface area contributed by atoms with E-state index >= 15 is 0 Å². The zero-order valence-electron chi connectivity index (χ0n) is 8.66. The van der Waals surface area contributed by atoms with Gasteiger partial charge in [-0.2, -0.15) is 11.8 Å². The van der Waals surface area contributed by atoms with Gasteiger partial charge in [-0.3, -0.25) is 0 Å². The van der Waals surface area contributed by atoms with Crippen LogP contribution in [0.1, 0.15) is 26.7 Å². The summed E-state index contributed by atoms with van der Waals surface area (Å²) in [5.74, 6) is 1.79. The van der Waals surface area contributed by atoms with Crippen LogP contribution in [0.2, 0.25) is 0 Å². The Morgan fingerprint density at radius 1 is 1.38 bits per heavy atom. The SMILES string of the molecule is CC(C)SCC(N)C1CCOCC1. The first-order valence-corrected chi connectivity index (χ1v) is 6.20. The van der Waals surface area contributed by atoms with E-state index in [2.05, 4.69) is 13.8 Å².